The third kappa shape index (κ3) is 4.51. The van der Waals surface area contributed by atoms with Crippen molar-refractivity contribution >= 4 is 18.0 Å². The van der Waals surface area contributed by atoms with Crippen LogP contribution in [0.15, 0.2) is 60.2 Å². The Kier molecular flexibility index (Phi) is 6.25. The number of carboxylic acids is 1. The van der Waals surface area contributed by atoms with Crippen LogP contribution in [-0.2, 0) is 14.3 Å². The molecule has 2 aliphatic rings. The molecule has 2 aromatic rings. The number of carbonyl (C=O) groups is 3. The van der Waals surface area contributed by atoms with Crippen LogP contribution in [0.2, 0.25) is 0 Å². The fourth-order valence-corrected chi connectivity index (χ4v) is 4.29. The maximum absolute atomic E-state index is 12.3. The standard InChI is InChI=1S/C25H26N2O5/c1-15(24(29)30)10-11-26-23(28)16-12-17(13-16)27-25(31)32-14-22-20-8-4-2-6-18(20)19-7-3-5-9-21(19)22/h2-10,16-17,22H,11-14H2,1H3,(H,26,28)(H,27,31)(H,29,30)/b15-10+. The fraction of sp³-hybridized carbons (Fsp3) is 0.320. The molecule has 3 N–H and O–H groups in total. The number of alkyl carbamates (subject to hydrolysis) is 1. The molecule has 166 valence electrons. The second-order valence-corrected chi connectivity index (χ2v) is 8.27. The van der Waals surface area contributed by atoms with Crippen LogP contribution in [0.25, 0.3) is 11.1 Å². The van der Waals surface area contributed by atoms with Crippen LogP contribution >= 0.6 is 0 Å². The van der Waals surface area contributed by atoms with Crippen LogP contribution in [0.1, 0.15) is 36.8 Å². The van der Waals surface area contributed by atoms with Crippen molar-refractivity contribution in [3.63, 3.8) is 0 Å². The number of fused-ring (bicyclic) bond motifs is 3. The third-order valence-corrected chi connectivity index (χ3v) is 6.20. The molecule has 2 amide bonds. The van der Waals surface area contributed by atoms with Gasteiger partial charge in [0.2, 0.25) is 5.91 Å². The lowest BCUT2D eigenvalue weighted by atomic mass is 9.79. The first-order valence-corrected chi connectivity index (χ1v) is 10.7. The summed E-state index contributed by atoms with van der Waals surface area (Å²) in [6, 6.07) is 16.2. The zero-order valence-electron chi connectivity index (χ0n) is 17.8. The molecule has 0 radical (unpaired) electrons. The fourth-order valence-electron chi connectivity index (χ4n) is 4.29. The minimum absolute atomic E-state index is 0.00961. The zero-order valence-corrected chi connectivity index (χ0v) is 17.8. The second-order valence-electron chi connectivity index (χ2n) is 8.27. The van der Waals surface area contributed by atoms with Gasteiger partial charge in [-0.05, 0) is 42.0 Å². The molecule has 0 aliphatic heterocycles. The summed E-state index contributed by atoms with van der Waals surface area (Å²) >= 11 is 0. The lowest BCUT2D eigenvalue weighted by Gasteiger charge is -2.34. The molecule has 7 heteroatoms. The number of carbonyl (C=O) groups excluding carboxylic acids is 2. The van der Waals surface area contributed by atoms with E-state index >= 15 is 0 Å². The van der Waals surface area contributed by atoms with E-state index in [0.717, 1.165) is 11.1 Å². The second kappa shape index (κ2) is 9.26. The number of ether oxygens (including phenoxy) is 1. The molecule has 0 bridgehead atoms. The Bertz CT molecular complexity index is 1030. The summed E-state index contributed by atoms with van der Waals surface area (Å²) in [6.45, 7) is 1.91. The minimum atomic E-state index is -1.00. The lowest BCUT2D eigenvalue weighted by Crippen LogP contribution is -2.49. The first-order valence-electron chi connectivity index (χ1n) is 10.7. The van der Waals surface area contributed by atoms with E-state index < -0.39 is 12.1 Å². The molecule has 0 aromatic heterocycles. The van der Waals surface area contributed by atoms with E-state index in [2.05, 4.69) is 34.9 Å². The number of nitrogens with one attached hydrogen (secondary N) is 2. The summed E-state index contributed by atoms with van der Waals surface area (Å²) in [6.07, 6.45) is 2.07. The normalized spacial score (nSPS) is 19.3. The van der Waals surface area contributed by atoms with Gasteiger partial charge in [-0.25, -0.2) is 9.59 Å². The molecule has 2 aliphatic carbocycles. The van der Waals surface area contributed by atoms with Crippen molar-refractivity contribution in [1.29, 1.82) is 0 Å². The molecular formula is C25H26N2O5. The number of carboxylic acid groups (broad SMARTS) is 1. The van der Waals surface area contributed by atoms with Crippen LogP contribution in [0.4, 0.5) is 4.79 Å². The van der Waals surface area contributed by atoms with Gasteiger partial charge in [-0.15, -0.1) is 0 Å². The van der Waals surface area contributed by atoms with E-state index in [0.29, 0.717) is 12.8 Å². The molecule has 0 unspecified atom stereocenters. The van der Waals surface area contributed by atoms with Gasteiger partial charge in [0.1, 0.15) is 6.61 Å². The molecular weight excluding hydrogens is 408 g/mol. The van der Waals surface area contributed by atoms with Gasteiger partial charge in [0.25, 0.3) is 0 Å². The number of rotatable bonds is 7. The molecule has 2 aromatic carbocycles. The molecule has 4 rings (SSSR count). The molecule has 1 fully saturated rings. The summed E-state index contributed by atoms with van der Waals surface area (Å²) in [7, 11) is 0. The number of hydrogen-bond donors (Lipinski definition) is 3. The van der Waals surface area contributed by atoms with Crippen LogP contribution in [-0.4, -0.2) is 42.3 Å². The van der Waals surface area contributed by atoms with Crippen molar-refractivity contribution < 1.29 is 24.2 Å². The van der Waals surface area contributed by atoms with Gasteiger partial charge in [-0.1, -0.05) is 54.6 Å². The molecule has 0 saturated heterocycles. The number of benzene rings is 2. The van der Waals surface area contributed by atoms with E-state index in [1.54, 1.807) is 0 Å². The molecule has 1 saturated carbocycles. The van der Waals surface area contributed by atoms with Gasteiger partial charge in [0.15, 0.2) is 0 Å². The SMILES string of the molecule is C/C(=C\CNC(=O)C1CC(NC(=O)OCC2c3ccccc3-c3ccccc32)C1)C(=O)O. The van der Waals surface area contributed by atoms with E-state index in [-0.39, 0.29) is 42.5 Å². The molecule has 0 atom stereocenters. The number of hydrogen-bond acceptors (Lipinski definition) is 4. The summed E-state index contributed by atoms with van der Waals surface area (Å²) in [5.41, 5.74) is 4.87. The maximum Gasteiger partial charge on any atom is 0.407 e. The Hall–Kier alpha value is -3.61. The Balaban J connectivity index is 1.23. The smallest absolute Gasteiger partial charge is 0.407 e. The zero-order chi connectivity index (χ0) is 22.7. The van der Waals surface area contributed by atoms with Crippen LogP contribution in [0.5, 0.6) is 0 Å². The highest BCUT2D eigenvalue weighted by atomic mass is 16.5. The van der Waals surface area contributed by atoms with E-state index in [1.807, 2.05) is 24.3 Å². The van der Waals surface area contributed by atoms with Gasteiger partial charge >= 0.3 is 12.1 Å². The summed E-state index contributed by atoms with van der Waals surface area (Å²) in [4.78, 5) is 35.2. The largest absolute Gasteiger partial charge is 0.478 e. The Morgan fingerprint density at radius 3 is 2.22 bits per heavy atom. The predicted octanol–water partition coefficient (Wildman–Crippen LogP) is 3.45. The summed E-state index contributed by atoms with van der Waals surface area (Å²) < 4.78 is 5.54. The Morgan fingerprint density at radius 1 is 1.03 bits per heavy atom. The molecule has 32 heavy (non-hydrogen) atoms. The maximum atomic E-state index is 12.3. The van der Waals surface area contributed by atoms with Crippen molar-refractivity contribution in [2.45, 2.75) is 31.7 Å². The minimum Gasteiger partial charge on any atom is -0.478 e. The Labute approximate surface area is 186 Å². The highest BCUT2D eigenvalue weighted by Crippen LogP contribution is 2.44. The van der Waals surface area contributed by atoms with Crippen molar-refractivity contribution in [3.8, 4) is 11.1 Å². The van der Waals surface area contributed by atoms with Gasteiger partial charge in [-0.3, -0.25) is 4.79 Å². The number of amides is 2. The van der Waals surface area contributed by atoms with Gasteiger partial charge in [0.05, 0.1) is 0 Å². The quantitative estimate of drug-likeness (QED) is 0.579. The average Bonchev–Trinajstić information content (AvgIpc) is 3.08. The van der Waals surface area contributed by atoms with Crippen LogP contribution in [0.3, 0.4) is 0 Å². The van der Waals surface area contributed by atoms with Crippen molar-refractivity contribution in [1.82, 2.24) is 10.6 Å². The third-order valence-electron chi connectivity index (χ3n) is 6.20. The van der Waals surface area contributed by atoms with Gasteiger partial charge in [0, 0.05) is 30.0 Å². The highest BCUT2D eigenvalue weighted by molar-refractivity contribution is 5.86. The Morgan fingerprint density at radius 2 is 1.62 bits per heavy atom. The molecule has 7 nitrogen and oxygen atoms in total. The highest BCUT2D eigenvalue weighted by Gasteiger charge is 2.36. The van der Waals surface area contributed by atoms with E-state index in [9.17, 15) is 14.4 Å². The summed E-state index contributed by atoms with van der Waals surface area (Å²) in [5, 5.41) is 14.3. The van der Waals surface area contributed by atoms with Crippen LogP contribution < -0.4 is 10.6 Å². The predicted molar refractivity (Wildman–Crippen MR) is 119 cm³/mol. The van der Waals surface area contributed by atoms with Crippen LogP contribution in [0, 0.1) is 5.92 Å². The van der Waals surface area contributed by atoms with E-state index in [4.69, 9.17) is 9.84 Å². The molecule has 0 heterocycles. The first-order chi connectivity index (χ1) is 15.4. The van der Waals surface area contributed by atoms with Gasteiger partial charge in [-0.2, -0.15) is 0 Å². The summed E-state index contributed by atoms with van der Waals surface area (Å²) in [5.74, 6) is -1.32. The molecule has 0 spiro atoms. The van der Waals surface area contributed by atoms with Crippen molar-refractivity contribution in [2.75, 3.05) is 13.2 Å². The average molecular weight is 434 g/mol. The number of aliphatic carboxylic acids is 1. The monoisotopic (exact) mass is 434 g/mol. The van der Waals surface area contributed by atoms with Crippen molar-refractivity contribution in [2.24, 2.45) is 5.92 Å². The topological polar surface area (TPSA) is 105 Å². The van der Waals surface area contributed by atoms with Gasteiger partial charge < -0.3 is 20.5 Å². The first kappa shape index (κ1) is 21.6. The lowest BCUT2D eigenvalue weighted by molar-refractivity contribution is -0.132. The van der Waals surface area contributed by atoms with Crippen molar-refractivity contribution in [3.05, 3.63) is 71.3 Å². The van der Waals surface area contributed by atoms with E-state index in [1.165, 1.54) is 24.1 Å².